The number of likely N-dealkylation sites (tertiary alicyclic amines) is 1. The van der Waals surface area contributed by atoms with E-state index in [-0.39, 0.29) is 17.4 Å². The molecule has 0 aliphatic carbocycles. The summed E-state index contributed by atoms with van der Waals surface area (Å²) in [5, 5.41) is 8.48. The zero-order valence-corrected chi connectivity index (χ0v) is 17.1. The van der Waals surface area contributed by atoms with Gasteiger partial charge in [0.25, 0.3) is 11.5 Å². The molecule has 5 heterocycles. The number of aryl methyl sites for hydroxylation is 1. The van der Waals surface area contributed by atoms with Crippen LogP contribution in [0.4, 0.5) is 0 Å². The second-order valence-electron chi connectivity index (χ2n) is 7.76. The summed E-state index contributed by atoms with van der Waals surface area (Å²) in [5.41, 5.74) is 1.98. The number of carbonyl (C=O) groups is 1. The second-order valence-corrected chi connectivity index (χ2v) is 7.76. The van der Waals surface area contributed by atoms with Gasteiger partial charge in [-0.25, -0.2) is 19.3 Å². The van der Waals surface area contributed by atoms with Crippen LogP contribution in [0.2, 0.25) is 0 Å². The van der Waals surface area contributed by atoms with Gasteiger partial charge in [-0.3, -0.25) is 14.0 Å². The smallest absolute Gasteiger partial charge is 0.272 e. The first kappa shape index (κ1) is 19.2. The number of amides is 1. The van der Waals surface area contributed by atoms with Crippen molar-refractivity contribution in [2.45, 2.75) is 26.3 Å². The van der Waals surface area contributed by atoms with Gasteiger partial charge in [0.15, 0.2) is 5.82 Å². The van der Waals surface area contributed by atoms with Crippen molar-refractivity contribution < 1.29 is 4.79 Å². The van der Waals surface area contributed by atoms with Gasteiger partial charge < -0.3 is 4.90 Å². The number of hydrogen-bond donors (Lipinski definition) is 0. The molecule has 10 nitrogen and oxygen atoms in total. The van der Waals surface area contributed by atoms with Crippen LogP contribution in [-0.4, -0.2) is 57.8 Å². The number of hydrogen-bond acceptors (Lipinski definition) is 6. The lowest BCUT2D eigenvalue weighted by molar-refractivity contribution is 0.0672. The molecule has 0 unspecified atom stereocenters. The Hall–Kier alpha value is -3.82. The highest BCUT2D eigenvalue weighted by molar-refractivity contribution is 5.94. The molecule has 0 spiro atoms. The van der Waals surface area contributed by atoms with E-state index in [0.29, 0.717) is 31.1 Å². The van der Waals surface area contributed by atoms with Crippen molar-refractivity contribution in [1.29, 1.82) is 0 Å². The van der Waals surface area contributed by atoms with Gasteiger partial charge in [0, 0.05) is 31.9 Å². The SMILES string of the molecule is Cc1nc2ccccn2c1C(=O)N1CCC(Cn2nc(-n3cncn3)ccc2=O)CC1. The van der Waals surface area contributed by atoms with Gasteiger partial charge in [-0.05, 0) is 43.9 Å². The first-order valence-electron chi connectivity index (χ1n) is 10.3. The van der Waals surface area contributed by atoms with Gasteiger partial charge >= 0.3 is 0 Å². The van der Waals surface area contributed by atoms with E-state index < -0.39 is 0 Å². The van der Waals surface area contributed by atoms with E-state index in [1.54, 1.807) is 12.4 Å². The molecule has 0 radical (unpaired) electrons. The predicted octanol–water partition coefficient (Wildman–Crippen LogP) is 1.33. The van der Waals surface area contributed by atoms with Gasteiger partial charge in [0.05, 0.1) is 5.69 Å². The van der Waals surface area contributed by atoms with Crippen LogP contribution >= 0.6 is 0 Å². The van der Waals surface area contributed by atoms with Crippen molar-refractivity contribution in [1.82, 2.24) is 38.8 Å². The Bertz CT molecular complexity index is 1280. The van der Waals surface area contributed by atoms with Gasteiger partial charge in [0.2, 0.25) is 0 Å². The Labute approximate surface area is 177 Å². The average molecular weight is 418 g/mol. The monoisotopic (exact) mass is 418 g/mol. The van der Waals surface area contributed by atoms with Gasteiger partial charge in [-0.2, -0.15) is 5.10 Å². The van der Waals surface area contributed by atoms with E-state index in [9.17, 15) is 9.59 Å². The largest absolute Gasteiger partial charge is 0.337 e. The van der Waals surface area contributed by atoms with Crippen molar-refractivity contribution in [2.24, 2.45) is 5.92 Å². The summed E-state index contributed by atoms with van der Waals surface area (Å²) in [5.74, 6) is 0.814. The molecule has 31 heavy (non-hydrogen) atoms. The molecule has 0 bridgehead atoms. The number of rotatable bonds is 4. The average Bonchev–Trinajstić information content (AvgIpc) is 3.43. The zero-order chi connectivity index (χ0) is 21.4. The molecule has 1 amide bonds. The van der Waals surface area contributed by atoms with E-state index in [0.717, 1.165) is 24.2 Å². The summed E-state index contributed by atoms with van der Waals surface area (Å²) >= 11 is 0. The van der Waals surface area contributed by atoms with Gasteiger partial charge in [-0.1, -0.05) is 6.07 Å². The summed E-state index contributed by atoms with van der Waals surface area (Å²) in [6.07, 6.45) is 6.46. The fourth-order valence-corrected chi connectivity index (χ4v) is 4.10. The molecule has 5 rings (SSSR count). The third-order valence-corrected chi connectivity index (χ3v) is 5.75. The van der Waals surface area contributed by atoms with Crippen LogP contribution in [0.25, 0.3) is 11.5 Å². The number of nitrogens with zero attached hydrogens (tertiary/aromatic N) is 8. The van der Waals surface area contributed by atoms with Crippen molar-refractivity contribution in [2.75, 3.05) is 13.1 Å². The molecule has 0 atom stereocenters. The van der Waals surface area contributed by atoms with Crippen LogP contribution in [0.3, 0.4) is 0 Å². The molecule has 0 N–H and O–H groups in total. The van der Waals surface area contributed by atoms with Crippen LogP contribution in [0.15, 0.2) is 54.0 Å². The first-order valence-corrected chi connectivity index (χ1v) is 10.3. The van der Waals surface area contributed by atoms with E-state index in [1.807, 2.05) is 40.6 Å². The van der Waals surface area contributed by atoms with Gasteiger partial charge in [0.1, 0.15) is 24.0 Å². The van der Waals surface area contributed by atoms with E-state index in [1.165, 1.54) is 21.8 Å². The highest BCUT2D eigenvalue weighted by Crippen LogP contribution is 2.22. The first-order chi connectivity index (χ1) is 15.1. The van der Waals surface area contributed by atoms with Crippen molar-refractivity contribution >= 4 is 11.6 Å². The zero-order valence-electron chi connectivity index (χ0n) is 17.1. The summed E-state index contributed by atoms with van der Waals surface area (Å²) in [6.45, 7) is 3.66. The fraction of sp³-hybridized carbons (Fsp3) is 0.333. The number of pyridine rings is 1. The van der Waals surface area contributed by atoms with Crippen LogP contribution in [0.5, 0.6) is 0 Å². The Morgan fingerprint density at radius 3 is 2.77 bits per heavy atom. The normalized spacial score (nSPS) is 14.9. The Kier molecular flexibility index (Phi) is 4.81. The summed E-state index contributed by atoms with van der Waals surface area (Å²) < 4.78 is 4.85. The molecule has 158 valence electrons. The molecule has 4 aromatic heterocycles. The van der Waals surface area contributed by atoms with Crippen molar-refractivity contribution in [3.63, 3.8) is 0 Å². The van der Waals surface area contributed by atoms with E-state index >= 15 is 0 Å². The topological polar surface area (TPSA) is 103 Å². The van der Waals surface area contributed by atoms with E-state index in [4.69, 9.17) is 0 Å². The lowest BCUT2D eigenvalue weighted by Crippen LogP contribution is -2.41. The molecule has 1 saturated heterocycles. The molecule has 0 saturated carbocycles. The Morgan fingerprint density at radius 1 is 1.16 bits per heavy atom. The van der Waals surface area contributed by atoms with Crippen molar-refractivity contribution in [3.05, 3.63) is 70.9 Å². The van der Waals surface area contributed by atoms with Gasteiger partial charge in [-0.15, -0.1) is 5.10 Å². The molecular weight excluding hydrogens is 396 g/mol. The third-order valence-electron chi connectivity index (χ3n) is 5.75. The van der Waals surface area contributed by atoms with Crippen molar-refractivity contribution in [3.8, 4) is 5.82 Å². The maximum absolute atomic E-state index is 13.2. The Balaban J connectivity index is 1.28. The van der Waals surface area contributed by atoms with E-state index in [2.05, 4.69) is 20.2 Å². The minimum absolute atomic E-state index is 0.00174. The molecule has 1 aliphatic rings. The lowest BCUT2D eigenvalue weighted by Gasteiger charge is -2.32. The Morgan fingerprint density at radius 2 is 2.00 bits per heavy atom. The standard InChI is InChI=1S/C21H22N8O2/c1-15-20(27-9-3-2-4-17(27)24-15)21(31)26-10-7-16(8-11-26)12-28-19(30)6-5-18(25-28)29-14-22-13-23-29/h2-6,9,13-14,16H,7-8,10-12H2,1H3. The summed E-state index contributed by atoms with van der Waals surface area (Å²) in [4.78, 5) is 35.7. The number of aromatic nitrogens is 7. The summed E-state index contributed by atoms with van der Waals surface area (Å²) in [6, 6.07) is 8.84. The molecule has 10 heteroatoms. The minimum atomic E-state index is -0.149. The third kappa shape index (κ3) is 3.60. The molecule has 1 aliphatic heterocycles. The number of piperidine rings is 1. The maximum atomic E-state index is 13.2. The second kappa shape index (κ2) is 7.78. The van der Waals surface area contributed by atoms with Crippen LogP contribution < -0.4 is 5.56 Å². The molecular formula is C21H22N8O2. The molecule has 0 aromatic carbocycles. The highest BCUT2D eigenvalue weighted by atomic mass is 16.2. The molecule has 1 fully saturated rings. The van der Waals surface area contributed by atoms with Crippen LogP contribution in [-0.2, 0) is 6.54 Å². The minimum Gasteiger partial charge on any atom is -0.337 e. The number of fused-ring (bicyclic) bond motifs is 1. The van der Waals surface area contributed by atoms with Crippen LogP contribution in [0, 0.1) is 12.8 Å². The lowest BCUT2D eigenvalue weighted by atomic mass is 9.96. The number of carbonyl (C=O) groups excluding carboxylic acids is 1. The maximum Gasteiger partial charge on any atom is 0.272 e. The number of imidazole rings is 1. The fourth-order valence-electron chi connectivity index (χ4n) is 4.10. The quantitative estimate of drug-likeness (QED) is 0.495. The summed E-state index contributed by atoms with van der Waals surface area (Å²) in [7, 11) is 0. The predicted molar refractivity (Wildman–Crippen MR) is 112 cm³/mol. The molecule has 4 aromatic rings. The highest BCUT2D eigenvalue weighted by Gasteiger charge is 2.27. The van der Waals surface area contributed by atoms with Crippen LogP contribution in [0.1, 0.15) is 29.0 Å².